The summed E-state index contributed by atoms with van der Waals surface area (Å²) in [5.41, 5.74) is 5.47. The average Bonchev–Trinajstić information content (AvgIpc) is 2.78. The van der Waals surface area contributed by atoms with E-state index >= 15 is 0 Å². The highest BCUT2D eigenvalue weighted by molar-refractivity contribution is 5.74. The first-order valence-electron chi connectivity index (χ1n) is 11.3. The van der Waals surface area contributed by atoms with Crippen LogP contribution in [0, 0.1) is 24.2 Å². The number of nitrogens with zero attached hydrogens (tertiary/aromatic N) is 2. The van der Waals surface area contributed by atoms with Gasteiger partial charge in [-0.1, -0.05) is 42.5 Å². The molecule has 3 heteroatoms. The van der Waals surface area contributed by atoms with Crippen molar-refractivity contribution in [2.75, 3.05) is 18.0 Å². The highest BCUT2D eigenvalue weighted by atomic mass is 15.2. The van der Waals surface area contributed by atoms with Crippen molar-refractivity contribution in [1.82, 2.24) is 5.32 Å². The first kappa shape index (κ1) is 20.0. The molecule has 1 aliphatic carbocycles. The van der Waals surface area contributed by atoms with Gasteiger partial charge in [-0.3, -0.25) is 0 Å². The maximum Gasteiger partial charge on any atom is 0.0624 e. The summed E-state index contributed by atoms with van der Waals surface area (Å²) >= 11 is 0. The predicted molar refractivity (Wildman–Crippen MR) is 121 cm³/mol. The second-order valence-corrected chi connectivity index (χ2v) is 8.74. The van der Waals surface area contributed by atoms with Gasteiger partial charge >= 0.3 is 0 Å². The van der Waals surface area contributed by atoms with Crippen molar-refractivity contribution in [3.05, 3.63) is 54.1 Å². The van der Waals surface area contributed by atoms with Gasteiger partial charge in [0.25, 0.3) is 0 Å². The van der Waals surface area contributed by atoms with Crippen LogP contribution in [0.1, 0.15) is 50.5 Å². The third kappa shape index (κ3) is 4.49. The number of anilines is 1. The van der Waals surface area contributed by atoms with Gasteiger partial charge < -0.3 is 10.2 Å². The Morgan fingerprint density at radius 2 is 1.59 bits per heavy atom. The molecule has 1 N–H and O–H groups in total. The number of nitrogens with one attached hydrogen (secondary N) is 1. The molecule has 1 heterocycles. The Morgan fingerprint density at radius 1 is 0.897 bits per heavy atom. The van der Waals surface area contributed by atoms with Crippen LogP contribution in [0.3, 0.4) is 0 Å². The van der Waals surface area contributed by atoms with Crippen LogP contribution in [0.25, 0.3) is 11.1 Å². The third-order valence-corrected chi connectivity index (χ3v) is 6.96. The van der Waals surface area contributed by atoms with Crippen LogP contribution >= 0.6 is 0 Å². The first-order valence-corrected chi connectivity index (χ1v) is 11.3. The van der Waals surface area contributed by atoms with Crippen LogP contribution in [0.5, 0.6) is 0 Å². The summed E-state index contributed by atoms with van der Waals surface area (Å²) in [7, 11) is 0. The topological polar surface area (TPSA) is 39.1 Å². The van der Waals surface area contributed by atoms with Crippen LogP contribution in [-0.4, -0.2) is 25.2 Å². The Labute approximate surface area is 175 Å². The van der Waals surface area contributed by atoms with E-state index in [2.05, 4.69) is 71.7 Å². The molecule has 0 spiro atoms. The number of hydrogen-bond acceptors (Lipinski definition) is 3. The number of benzene rings is 2. The normalized spacial score (nSPS) is 22.8. The van der Waals surface area contributed by atoms with E-state index in [4.69, 9.17) is 5.26 Å². The van der Waals surface area contributed by atoms with E-state index < -0.39 is 0 Å². The first-order chi connectivity index (χ1) is 14.3. The van der Waals surface area contributed by atoms with E-state index in [1.54, 1.807) is 0 Å². The lowest BCUT2D eigenvalue weighted by Gasteiger charge is -2.45. The van der Waals surface area contributed by atoms with Gasteiger partial charge in [0.2, 0.25) is 0 Å². The van der Waals surface area contributed by atoms with Gasteiger partial charge in [0, 0.05) is 24.2 Å². The number of nitriles is 1. The van der Waals surface area contributed by atoms with Crippen LogP contribution in [0.2, 0.25) is 0 Å². The van der Waals surface area contributed by atoms with Crippen LogP contribution in [0.4, 0.5) is 5.69 Å². The lowest BCUT2D eigenvalue weighted by molar-refractivity contribution is 0.292. The maximum atomic E-state index is 9.08. The van der Waals surface area contributed by atoms with Crippen molar-refractivity contribution in [1.29, 1.82) is 5.26 Å². The lowest BCUT2D eigenvalue weighted by Crippen LogP contribution is -2.49. The molecule has 2 aromatic rings. The van der Waals surface area contributed by atoms with Gasteiger partial charge in [-0.2, -0.15) is 5.26 Å². The molecule has 152 valence electrons. The molecule has 2 aliphatic rings. The van der Waals surface area contributed by atoms with Crippen molar-refractivity contribution >= 4 is 5.69 Å². The molecule has 2 fully saturated rings. The Balaban J connectivity index is 1.66. The van der Waals surface area contributed by atoms with Crippen molar-refractivity contribution in [3.8, 4) is 17.2 Å². The van der Waals surface area contributed by atoms with Crippen LogP contribution < -0.4 is 10.2 Å². The molecule has 0 bridgehead atoms. The minimum atomic E-state index is 0.595. The summed E-state index contributed by atoms with van der Waals surface area (Å²) < 4.78 is 0. The fourth-order valence-electron chi connectivity index (χ4n) is 5.37. The quantitative estimate of drug-likeness (QED) is 0.716. The average molecular weight is 388 g/mol. The summed E-state index contributed by atoms with van der Waals surface area (Å²) in [4.78, 5) is 2.78. The molecule has 1 saturated carbocycles. The highest BCUT2D eigenvalue weighted by Gasteiger charge is 2.32. The van der Waals surface area contributed by atoms with Gasteiger partial charge in [0.15, 0.2) is 0 Å². The summed E-state index contributed by atoms with van der Waals surface area (Å²) in [5.74, 6) is 0.600. The molecule has 0 unspecified atom stereocenters. The molecular weight excluding hydrogens is 354 g/mol. The molecule has 29 heavy (non-hydrogen) atoms. The summed E-state index contributed by atoms with van der Waals surface area (Å²) in [6.45, 7) is 4.53. The molecule has 4 rings (SSSR count). The highest BCUT2D eigenvalue weighted by Crippen LogP contribution is 2.38. The minimum absolute atomic E-state index is 0.595. The van der Waals surface area contributed by atoms with Crippen molar-refractivity contribution in [2.45, 2.75) is 64.0 Å². The fraction of sp³-hybridized carbons (Fsp3) is 0.500. The second kappa shape index (κ2) is 9.46. The molecular formula is C26H33N3. The van der Waals surface area contributed by atoms with Crippen molar-refractivity contribution in [3.63, 3.8) is 0 Å². The number of piperidine rings is 1. The Kier molecular flexibility index (Phi) is 6.52. The van der Waals surface area contributed by atoms with E-state index in [1.165, 1.54) is 60.9 Å². The standard InChI is InChI=1S/C26H33N3/c1-20-25(22-6-3-2-4-7-22)8-5-9-26(20)29(24-15-18-28-19-16-24)23-12-10-21(11-13-23)14-17-27/h2-9,21,23-24,28H,10-16,18-19H2,1H3. The zero-order valence-electron chi connectivity index (χ0n) is 17.6. The third-order valence-electron chi connectivity index (χ3n) is 6.96. The fourth-order valence-corrected chi connectivity index (χ4v) is 5.37. The molecule has 0 aromatic heterocycles. The Bertz CT molecular complexity index is 825. The largest absolute Gasteiger partial charge is 0.365 e. The molecule has 0 atom stereocenters. The maximum absolute atomic E-state index is 9.08. The van der Waals surface area contributed by atoms with E-state index in [1.807, 2.05) is 0 Å². The molecule has 0 radical (unpaired) electrons. The zero-order chi connectivity index (χ0) is 20.1. The smallest absolute Gasteiger partial charge is 0.0624 e. The Hall–Kier alpha value is -2.31. The summed E-state index contributed by atoms with van der Waals surface area (Å²) in [5, 5.41) is 12.6. The van der Waals surface area contributed by atoms with Gasteiger partial charge in [-0.25, -0.2) is 0 Å². The van der Waals surface area contributed by atoms with Gasteiger partial charge in [0.05, 0.1) is 6.07 Å². The molecule has 1 saturated heterocycles. The van der Waals surface area contributed by atoms with E-state index in [9.17, 15) is 0 Å². The molecule has 1 aliphatic heterocycles. The van der Waals surface area contributed by atoms with E-state index in [-0.39, 0.29) is 0 Å². The van der Waals surface area contributed by atoms with Gasteiger partial charge in [-0.15, -0.1) is 0 Å². The Morgan fingerprint density at radius 3 is 2.28 bits per heavy atom. The number of hydrogen-bond donors (Lipinski definition) is 1. The number of rotatable bonds is 5. The molecule has 3 nitrogen and oxygen atoms in total. The van der Waals surface area contributed by atoms with Crippen LogP contribution in [-0.2, 0) is 0 Å². The molecule has 0 amide bonds. The summed E-state index contributed by atoms with van der Waals surface area (Å²) in [6, 6.07) is 21.2. The van der Waals surface area contributed by atoms with E-state index in [0.29, 0.717) is 18.0 Å². The summed E-state index contributed by atoms with van der Waals surface area (Å²) in [6.07, 6.45) is 7.97. The zero-order valence-corrected chi connectivity index (χ0v) is 17.6. The van der Waals surface area contributed by atoms with Crippen molar-refractivity contribution in [2.24, 2.45) is 5.92 Å². The SMILES string of the molecule is Cc1c(-c2ccccc2)cccc1N(C1CCNCC1)C1CCC(CC#N)CC1. The van der Waals surface area contributed by atoms with Gasteiger partial charge in [-0.05, 0) is 87.2 Å². The van der Waals surface area contributed by atoms with E-state index in [0.717, 1.165) is 19.5 Å². The predicted octanol–water partition coefficient (Wildman–Crippen LogP) is 5.69. The van der Waals surface area contributed by atoms with Crippen molar-refractivity contribution < 1.29 is 0 Å². The lowest BCUT2D eigenvalue weighted by atomic mass is 9.82. The minimum Gasteiger partial charge on any atom is -0.365 e. The monoisotopic (exact) mass is 387 g/mol. The van der Waals surface area contributed by atoms with Crippen LogP contribution in [0.15, 0.2) is 48.5 Å². The second-order valence-electron chi connectivity index (χ2n) is 8.74. The van der Waals surface area contributed by atoms with Gasteiger partial charge in [0.1, 0.15) is 0 Å². The molecule has 2 aromatic carbocycles.